The van der Waals surface area contributed by atoms with Gasteiger partial charge in [-0.15, -0.1) is 0 Å². The van der Waals surface area contributed by atoms with Crippen molar-refractivity contribution in [2.24, 2.45) is 0 Å². The molecule has 15 heavy (non-hydrogen) atoms. The molecule has 1 aromatic carbocycles. The standard InChI is InChI=1S/C9H11O5S/c1-14-8-3-2-7(4-5-10)6-9(8)15(11,12)13/h2-3,6H,4-5H2,1H3,(H,11,12,13). The van der Waals surface area contributed by atoms with E-state index in [4.69, 9.17) is 9.29 Å². The van der Waals surface area contributed by atoms with Gasteiger partial charge in [0.1, 0.15) is 10.6 Å². The van der Waals surface area contributed by atoms with Gasteiger partial charge in [-0.2, -0.15) is 8.42 Å². The van der Waals surface area contributed by atoms with Crippen molar-refractivity contribution in [3.63, 3.8) is 0 Å². The highest BCUT2D eigenvalue weighted by Crippen LogP contribution is 2.24. The molecule has 0 aromatic heterocycles. The molecule has 0 aliphatic rings. The van der Waals surface area contributed by atoms with Crippen molar-refractivity contribution in [2.45, 2.75) is 11.3 Å². The lowest BCUT2D eigenvalue weighted by Crippen LogP contribution is -2.03. The zero-order valence-corrected chi connectivity index (χ0v) is 8.95. The maximum absolute atomic E-state index is 11.0. The van der Waals surface area contributed by atoms with Gasteiger partial charge in [0.2, 0.25) is 0 Å². The van der Waals surface area contributed by atoms with Crippen LogP contribution >= 0.6 is 0 Å². The van der Waals surface area contributed by atoms with E-state index in [2.05, 4.69) is 0 Å². The summed E-state index contributed by atoms with van der Waals surface area (Å²) in [6.07, 6.45) is 0.215. The summed E-state index contributed by atoms with van der Waals surface area (Å²) in [4.78, 5) is -0.309. The van der Waals surface area contributed by atoms with Crippen LogP contribution in [0.4, 0.5) is 0 Å². The highest BCUT2D eigenvalue weighted by molar-refractivity contribution is 7.86. The molecule has 0 spiro atoms. The monoisotopic (exact) mass is 231 g/mol. The molecule has 0 saturated carbocycles. The highest BCUT2D eigenvalue weighted by atomic mass is 32.2. The summed E-state index contributed by atoms with van der Waals surface area (Å²) in [6, 6.07) is 4.24. The van der Waals surface area contributed by atoms with Gasteiger partial charge in [-0.05, 0) is 24.1 Å². The molecule has 1 N–H and O–H groups in total. The maximum atomic E-state index is 11.0. The smallest absolute Gasteiger partial charge is 0.298 e. The Hall–Kier alpha value is -1.11. The van der Waals surface area contributed by atoms with E-state index in [0.717, 1.165) is 0 Å². The topological polar surface area (TPSA) is 83.5 Å². The summed E-state index contributed by atoms with van der Waals surface area (Å²) < 4.78 is 35.6. The van der Waals surface area contributed by atoms with E-state index < -0.39 is 10.1 Å². The number of methoxy groups -OCH3 is 1. The molecular formula is C9H11O5S. The zero-order valence-electron chi connectivity index (χ0n) is 8.13. The van der Waals surface area contributed by atoms with E-state index in [1.54, 1.807) is 6.07 Å². The molecule has 0 amide bonds. The van der Waals surface area contributed by atoms with Gasteiger partial charge >= 0.3 is 0 Å². The Morgan fingerprint density at radius 3 is 2.53 bits per heavy atom. The van der Waals surface area contributed by atoms with Gasteiger partial charge in [0.15, 0.2) is 0 Å². The van der Waals surface area contributed by atoms with Gasteiger partial charge in [-0.3, -0.25) is 4.55 Å². The lowest BCUT2D eigenvalue weighted by atomic mass is 10.1. The van der Waals surface area contributed by atoms with E-state index in [0.29, 0.717) is 5.56 Å². The van der Waals surface area contributed by atoms with Crippen LogP contribution in [0.1, 0.15) is 5.56 Å². The van der Waals surface area contributed by atoms with Crippen molar-refractivity contribution in [1.82, 2.24) is 0 Å². The van der Waals surface area contributed by atoms with Gasteiger partial charge in [-0.25, -0.2) is 5.11 Å². The first-order valence-corrected chi connectivity index (χ1v) is 5.65. The van der Waals surface area contributed by atoms with Crippen LogP contribution < -0.4 is 4.74 Å². The summed E-state index contributed by atoms with van der Waals surface area (Å²) in [5.74, 6) is 0.0622. The third kappa shape index (κ3) is 2.92. The Morgan fingerprint density at radius 1 is 1.40 bits per heavy atom. The average Bonchev–Trinajstić information content (AvgIpc) is 2.17. The van der Waals surface area contributed by atoms with E-state index in [1.807, 2.05) is 0 Å². The Labute approximate surface area is 88.1 Å². The maximum Gasteiger partial charge on any atom is 0.298 e. The highest BCUT2D eigenvalue weighted by Gasteiger charge is 2.16. The van der Waals surface area contributed by atoms with Gasteiger partial charge in [-0.1, -0.05) is 6.07 Å². The summed E-state index contributed by atoms with van der Waals surface area (Å²) in [6.45, 7) is -0.336. The Bertz CT molecular complexity index is 438. The van der Waals surface area contributed by atoms with Crippen LogP contribution in [0.15, 0.2) is 23.1 Å². The third-order valence-corrected chi connectivity index (χ3v) is 2.77. The molecule has 0 aliphatic carbocycles. The average molecular weight is 231 g/mol. The first-order chi connectivity index (χ1) is 6.99. The van der Waals surface area contributed by atoms with Crippen molar-refractivity contribution in [1.29, 1.82) is 0 Å². The predicted octanol–water partition coefficient (Wildman–Crippen LogP) is 0.915. The fraction of sp³-hybridized carbons (Fsp3) is 0.333. The molecule has 0 unspecified atom stereocenters. The minimum absolute atomic E-state index is 0.0622. The molecule has 0 saturated heterocycles. The second-order valence-corrected chi connectivity index (χ2v) is 4.30. The van der Waals surface area contributed by atoms with Crippen molar-refractivity contribution >= 4 is 10.1 Å². The number of ether oxygens (including phenoxy) is 1. The van der Waals surface area contributed by atoms with E-state index in [-0.39, 0.29) is 23.7 Å². The van der Waals surface area contributed by atoms with Crippen LogP contribution in [0.5, 0.6) is 5.75 Å². The lowest BCUT2D eigenvalue weighted by Gasteiger charge is -2.07. The van der Waals surface area contributed by atoms with E-state index in [9.17, 15) is 13.5 Å². The predicted molar refractivity (Wildman–Crippen MR) is 52.1 cm³/mol. The molecule has 0 heterocycles. The molecule has 0 bridgehead atoms. The molecule has 6 heteroatoms. The van der Waals surface area contributed by atoms with Crippen molar-refractivity contribution in [2.75, 3.05) is 13.7 Å². The van der Waals surface area contributed by atoms with Crippen LogP contribution in [0.2, 0.25) is 0 Å². The first-order valence-electron chi connectivity index (χ1n) is 4.21. The number of hydrogen-bond acceptors (Lipinski definition) is 3. The normalized spacial score (nSPS) is 11.4. The summed E-state index contributed by atoms with van der Waals surface area (Å²) in [5.41, 5.74) is 0.554. The van der Waals surface area contributed by atoms with Gasteiger partial charge in [0.25, 0.3) is 10.1 Å². The minimum atomic E-state index is -4.31. The van der Waals surface area contributed by atoms with E-state index >= 15 is 0 Å². The molecule has 5 nitrogen and oxygen atoms in total. The molecule has 0 aliphatic heterocycles. The molecular weight excluding hydrogens is 220 g/mol. The van der Waals surface area contributed by atoms with Crippen molar-refractivity contribution in [3.05, 3.63) is 23.8 Å². The number of hydrogen-bond donors (Lipinski definition) is 1. The van der Waals surface area contributed by atoms with Crippen molar-refractivity contribution < 1.29 is 22.8 Å². The van der Waals surface area contributed by atoms with Crippen LogP contribution in [-0.4, -0.2) is 26.7 Å². The summed E-state index contributed by atoms with van der Waals surface area (Å²) in [5, 5.41) is 10.4. The van der Waals surface area contributed by atoms with E-state index in [1.165, 1.54) is 19.2 Å². The molecule has 1 rings (SSSR count). The molecule has 1 radical (unpaired) electrons. The van der Waals surface area contributed by atoms with Gasteiger partial charge < -0.3 is 4.74 Å². The third-order valence-electron chi connectivity index (χ3n) is 1.90. The van der Waals surface area contributed by atoms with Crippen molar-refractivity contribution in [3.8, 4) is 5.75 Å². The minimum Gasteiger partial charge on any atom is -0.495 e. The van der Waals surface area contributed by atoms with Gasteiger partial charge in [0.05, 0.1) is 13.7 Å². The first kappa shape index (κ1) is 12.0. The SMILES string of the molecule is COc1ccc(CC[O])cc1S(=O)(=O)O. The van der Waals surface area contributed by atoms with Crippen LogP contribution in [0.3, 0.4) is 0 Å². The molecule has 0 fully saturated rings. The number of rotatable bonds is 4. The Balaban J connectivity index is 3.26. The Kier molecular flexibility index (Phi) is 3.67. The summed E-state index contributed by atoms with van der Waals surface area (Å²) in [7, 11) is -3.01. The van der Waals surface area contributed by atoms with Crippen LogP contribution in [-0.2, 0) is 21.6 Å². The molecule has 1 aromatic rings. The Morgan fingerprint density at radius 2 is 2.07 bits per heavy atom. The van der Waals surface area contributed by atoms with Crippen LogP contribution in [0, 0.1) is 0 Å². The largest absolute Gasteiger partial charge is 0.495 e. The van der Waals surface area contributed by atoms with Crippen LogP contribution in [0.25, 0.3) is 0 Å². The fourth-order valence-corrected chi connectivity index (χ4v) is 1.90. The molecule has 83 valence electrons. The number of benzene rings is 1. The second kappa shape index (κ2) is 4.61. The quantitative estimate of drug-likeness (QED) is 0.781. The van der Waals surface area contributed by atoms with Gasteiger partial charge in [0, 0.05) is 0 Å². The fourth-order valence-electron chi connectivity index (χ4n) is 1.20. The summed E-state index contributed by atoms with van der Waals surface area (Å²) >= 11 is 0. The molecule has 0 atom stereocenters. The lowest BCUT2D eigenvalue weighted by molar-refractivity contribution is 0.197. The second-order valence-electron chi connectivity index (χ2n) is 2.91. The zero-order chi connectivity index (χ0) is 11.5.